The third kappa shape index (κ3) is 3.45. The van der Waals surface area contributed by atoms with E-state index in [4.69, 9.17) is 5.11 Å². The lowest BCUT2D eigenvalue weighted by Crippen LogP contribution is -2.20. The van der Waals surface area contributed by atoms with Crippen LogP contribution in [0, 0.1) is 5.95 Å². The van der Waals surface area contributed by atoms with Gasteiger partial charge in [0.15, 0.2) is 0 Å². The Balaban J connectivity index is 3.28. The average molecular weight is 279 g/mol. The molecule has 0 atom stereocenters. The van der Waals surface area contributed by atoms with Gasteiger partial charge in [0.1, 0.15) is 5.56 Å². The van der Waals surface area contributed by atoms with Gasteiger partial charge in [-0.1, -0.05) is 0 Å². The zero-order valence-corrected chi connectivity index (χ0v) is 8.23. The second-order valence-electron chi connectivity index (χ2n) is 2.99. The average Bonchev–Trinajstić information content (AvgIpc) is 2.13. The molecule has 1 aromatic rings. The maximum Gasteiger partial charge on any atom is 0.574 e. The highest BCUT2D eigenvalue weighted by molar-refractivity contribution is 5.31. The molecule has 1 rings (SSSR count). The number of halogens is 7. The Morgan fingerprint density at radius 2 is 1.72 bits per heavy atom. The minimum Gasteiger partial charge on any atom is -0.391 e. The van der Waals surface area contributed by atoms with Crippen molar-refractivity contribution in [2.45, 2.75) is 19.1 Å². The van der Waals surface area contributed by atoms with Crippen LogP contribution < -0.4 is 4.74 Å². The molecule has 0 spiro atoms. The van der Waals surface area contributed by atoms with E-state index < -0.39 is 42.1 Å². The minimum atomic E-state index is -5.26. The van der Waals surface area contributed by atoms with E-state index in [2.05, 4.69) is 9.72 Å². The summed E-state index contributed by atoms with van der Waals surface area (Å²) in [6, 6.07) is 0.00338. The third-order valence-corrected chi connectivity index (χ3v) is 1.70. The molecule has 0 saturated carbocycles. The lowest BCUT2D eigenvalue weighted by atomic mass is 10.2. The first-order chi connectivity index (χ1) is 8.04. The van der Waals surface area contributed by atoms with Gasteiger partial charge in [0.25, 0.3) is 0 Å². The summed E-state index contributed by atoms with van der Waals surface area (Å²) in [5.41, 5.74) is -2.82. The zero-order chi connectivity index (χ0) is 14.1. The van der Waals surface area contributed by atoms with E-state index in [1.807, 2.05) is 0 Å². The summed E-state index contributed by atoms with van der Waals surface area (Å²) in [5.74, 6) is -3.63. The number of nitrogens with zero attached hydrogens (tertiary/aromatic N) is 1. The molecule has 3 nitrogen and oxygen atoms in total. The van der Waals surface area contributed by atoms with Crippen LogP contribution in [-0.4, -0.2) is 16.5 Å². The highest BCUT2D eigenvalue weighted by atomic mass is 19.4. The molecule has 0 aromatic carbocycles. The molecule has 1 heterocycles. The topological polar surface area (TPSA) is 42.4 Å². The molecule has 0 amide bonds. The van der Waals surface area contributed by atoms with Gasteiger partial charge < -0.3 is 9.84 Å². The molecule has 10 heteroatoms. The molecule has 102 valence electrons. The Morgan fingerprint density at radius 3 is 2.11 bits per heavy atom. The normalized spacial score (nSPS) is 12.7. The predicted octanol–water partition coefficient (Wildman–Crippen LogP) is 2.63. The first kappa shape index (κ1) is 14.5. The molecule has 0 bridgehead atoms. The molecular formula is C8H4F7NO2. The second kappa shape index (κ2) is 4.59. The van der Waals surface area contributed by atoms with E-state index in [9.17, 15) is 30.7 Å². The molecule has 0 aliphatic carbocycles. The summed E-state index contributed by atoms with van der Waals surface area (Å²) >= 11 is 0. The maximum atomic E-state index is 12.9. The molecule has 0 fully saturated rings. The van der Waals surface area contributed by atoms with E-state index >= 15 is 0 Å². The van der Waals surface area contributed by atoms with Crippen molar-refractivity contribution < 1.29 is 40.6 Å². The lowest BCUT2D eigenvalue weighted by Gasteiger charge is -2.14. The van der Waals surface area contributed by atoms with Crippen LogP contribution in [0.3, 0.4) is 0 Å². The second-order valence-corrected chi connectivity index (χ2v) is 2.99. The summed E-state index contributed by atoms with van der Waals surface area (Å²) in [6.07, 6.45) is -10.4. The predicted molar refractivity (Wildman–Crippen MR) is 41.8 cm³/mol. The van der Waals surface area contributed by atoms with Gasteiger partial charge in [-0.3, -0.25) is 0 Å². The summed E-state index contributed by atoms with van der Waals surface area (Å²) in [4.78, 5) is 2.41. The minimum absolute atomic E-state index is 0.00338. The SMILES string of the molecule is OCc1cc(C(F)(F)F)c(F)nc1OC(F)(F)F. The molecule has 18 heavy (non-hydrogen) atoms. The van der Waals surface area contributed by atoms with E-state index in [0.29, 0.717) is 0 Å². The van der Waals surface area contributed by atoms with Crippen molar-refractivity contribution in [2.24, 2.45) is 0 Å². The number of ether oxygens (including phenoxy) is 1. The van der Waals surface area contributed by atoms with Crippen molar-refractivity contribution in [3.63, 3.8) is 0 Å². The summed E-state index contributed by atoms with van der Waals surface area (Å²) < 4.78 is 88.2. The van der Waals surface area contributed by atoms with E-state index in [1.54, 1.807) is 0 Å². The van der Waals surface area contributed by atoms with Crippen LogP contribution in [0.25, 0.3) is 0 Å². The van der Waals surface area contributed by atoms with Gasteiger partial charge in [0.05, 0.1) is 6.61 Å². The zero-order valence-electron chi connectivity index (χ0n) is 8.23. The fraction of sp³-hybridized carbons (Fsp3) is 0.375. The van der Waals surface area contributed by atoms with Crippen LogP contribution in [0.5, 0.6) is 5.88 Å². The van der Waals surface area contributed by atoms with Crippen LogP contribution in [0.4, 0.5) is 30.7 Å². The monoisotopic (exact) mass is 279 g/mol. The smallest absolute Gasteiger partial charge is 0.391 e. The maximum absolute atomic E-state index is 12.9. The van der Waals surface area contributed by atoms with Gasteiger partial charge in [-0.15, -0.1) is 13.2 Å². The van der Waals surface area contributed by atoms with E-state index in [1.165, 1.54) is 0 Å². The highest BCUT2D eigenvalue weighted by Crippen LogP contribution is 2.34. The molecular weight excluding hydrogens is 275 g/mol. The van der Waals surface area contributed by atoms with Crippen LogP contribution in [0.1, 0.15) is 11.1 Å². The fourth-order valence-corrected chi connectivity index (χ4v) is 1.03. The Hall–Kier alpha value is -1.58. The molecule has 0 aliphatic rings. The van der Waals surface area contributed by atoms with E-state index in [0.717, 1.165) is 0 Å². The molecule has 1 N–H and O–H groups in total. The number of aliphatic hydroxyl groups excluding tert-OH is 1. The molecule has 0 aliphatic heterocycles. The lowest BCUT2D eigenvalue weighted by molar-refractivity contribution is -0.276. The van der Waals surface area contributed by atoms with Crippen LogP contribution in [0.15, 0.2) is 6.07 Å². The first-order valence-electron chi connectivity index (χ1n) is 4.18. The van der Waals surface area contributed by atoms with Crippen LogP contribution in [0.2, 0.25) is 0 Å². The summed E-state index contributed by atoms with van der Waals surface area (Å²) in [6.45, 7) is -1.22. The molecule has 1 aromatic heterocycles. The van der Waals surface area contributed by atoms with Gasteiger partial charge in [0.2, 0.25) is 11.8 Å². The van der Waals surface area contributed by atoms with Gasteiger partial charge in [-0.05, 0) is 6.07 Å². The van der Waals surface area contributed by atoms with Crippen LogP contribution in [-0.2, 0) is 12.8 Å². The molecule has 0 saturated heterocycles. The summed E-state index contributed by atoms with van der Waals surface area (Å²) in [5, 5.41) is 8.62. The van der Waals surface area contributed by atoms with E-state index in [-0.39, 0.29) is 6.07 Å². The van der Waals surface area contributed by atoms with Gasteiger partial charge in [-0.2, -0.15) is 22.5 Å². The largest absolute Gasteiger partial charge is 0.574 e. The fourth-order valence-electron chi connectivity index (χ4n) is 1.03. The van der Waals surface area contributed by atoms with Crippen molar-refractivity contribution in [3.8, 4) is 5.88 Å². The van der Waals surface area contributed by atoms with Gasteiger partial charge in [-0.25, -0.2) is 0 Å². The Bertz CT molecular complexity index is 440. The van der Waals surface area contributed by atoms with Crippen molar-refractivity contribution in [3.05, 3.63) is 23.1 Å². The number of aromatic nitrogens is 1. The number of hydrogen-bond donors (Lipinski definition) is 1. The van der Waals surface area contributed by atoms with Gasteiger partial charge in [0, 0.05) is 5.56 Å². The Kier molecular flexibility index (Phi) is 3.70. The summed E-state index contributed by atoms with van der Waals surface area (Å²) in [7, 11) is 0. The third-order valence-electron chi connectivity index (χ3n) is 1.70. The highest BCUT2D eigenvalue weighted by Gasteiger charge is 2.38. The number of pyridine rings is 1. The van der Waals surface area contributed by atoms with Crippen LogP contribution >= 0.6 is 0 Å². The van der Waals surface area contributed by atoms with Crippen molar-refractivity contribution in [1.82, 2.24) is 4.98 Å². The standard InChI is InChI=1S/C8H4F7NO2/c9-5-4(7(10,11)12)1-3(2-17)6(16-5)18-8(13,14)15/h1,17H,2H2. The van der Waals surface area contributed by atoms with Crippen molar-refractivity contribution in [2.75, 3.05) is 0 Å². The molecule has 0 radical (unpaired) electrons. The first-order valence-corrected chi connectivity index (χ1v) is 4.18. The number of hydrogen-bond acceptors (Lipinski definition) is 3. The van der Waals surface area contributed by atoms with Crippen molar-refractivity contribution >= 4 is 0 Å². The Morgan fingerprint density at radius 1 is 1.17 bits per heavy atom. The molecule has 0 unspecified atom stereocenters. The number of rotatable bonds is 2. The Labute approximate surface area is 94.8 Å². The quantitative estimate of drug-likeness (QED) is 0.668. The number of alkyl halides is 6. The van der Waals surface area contributed by atoms with Gasteiger partial charge >= 0.3 is 12.5 Å². The number of aliphatic hydroxyl groups is 1. The van der Waals surface area contributed by atoms with Crippen molar-refractivity contribution in [1.29, 1.82) is 0 Å².